The van der Waals surface area contributed by atoms with E-state index in [-0.39, 0.29) is 33.8 Å². The SMILES string of the molecule is COc1cccc(OC)c1-n1c(-c2ccn(C)n2)nnc1N(CC[Si](C)(C)C)S(=O)(=O)C[C@H](OC)c1ccc(Cl)cc1S(C)(=O)=O. The predicted octanol–water partition coefficient (Wildman–Crippen LogP) is 4.60. The van der Waals surface area contributed by atoms with E-state index in [1.54, 1.807) is 46.8 Å². The lowest BCUT2D eigenvalue weighted by Crippen LogP contribution is -2.40. The second-order valence-electron chi connectivity index (χ2n) is 11.9. The molecule has 2 aromatic heterocycles. The minimum absolute atomic E-state index is 0.0176. The van der Waals surface area contributed by atoms with Gasteiger partial charge in [-0.25, -0.2) is 21.1 Å². The van der Waals surface area contributed by atoms with Crippen molar-refractivity contribution in [2.45, 2.75) is 36.7 Å². The summed E-state index contributed by atoms with van der Waals surface area (Å²) in [5, 5.41) is 13.6. The molecule has 0 aliphatic carbocycles. The van der Waals surface area contributed by atoms with Crippen LogP contribution in [0.4, 0.5) is 5.95 Å². The van der Waals surface area contributed by atoms with Gasteiger partial charge in [-0.05, 0) is 36.4 Å². The van der Waals surface area contributed by atoms with Gasteiger partial charge in [0.2, 0.25) is 16.0 Å². The van der Waals surface area contributed by atoms with Crippen LogP contribution in [-0.2, 0) is 31.6 Å². The van der Waals surface area contributed by atoms with E-state index in [4.69, 9.17) is 25.8 Å². The molecule has 0 unspecified atom stereocenters. The Morgan fingerprint density at radius 2 is 1.63 bits per heavy atom. The number of rotatable bonds is 14. The third-order valence-electron chi connectivity index (χ3n) is 7.21. The Balaban J connectivity index is 1.97. The number of aromatic nitrogens is 5. The van der Waals surface area contributed by atoms with E-state index in [1.807, 2.05) is 0 Å². The zero-order valence-corrected chi connectivity index (χ0v) is 30.4. The summed E-state index contributed by atoms with van der Waals surface area (Å²) in [5.74, 6) is 0.402. The molecule has 0 saturated carbocycles. The van der Waals surface area contributed by atoms with Crippen molar-refractivity contribution in [2.75, 3.05) is 44.2 Å². The lowest BCUT2D eigenvalue weighted by Gasteiger charge is -2.29. The molecule has 250 valence electrons. The van der Waals surface area contributed by atoms with Gasteiger partial charge in [-0.2, -0.15) is 5.10 Å². The van der Waals surface area contributed by atoms with Crippen molar-refractivity contribution >= 4 is 45.5 Å². The van der Waals surface area contributed by atoms with Crippen molar-refractivity contribution in [2.24, 2.45) is 7.05 Å². The molecule has 4 aromatic rings. The fraction of sp³-hybridized carbons (Fsp3) is 0.414. The number of hydrogen-bond acceptors (Lipinski definition) is 10. The van der Waals surface area contributed by atoms with Crippen LogP contribution in [0.2, 0.25) is 30.7 Å². The maximum absolute atomic E-state index is 14.6. The fourth-order valence-electron chi connectivity index (χ4n) is 4.86. The molecule has 1 atom stereocenters. The van der Waals surface area contributed by atoms with Crippen molar-refractivity contribution in [1.82, 2.24) is 24.5 Å². The van der Waals surface area contributed by atoms with Crippen LogP contribution in [0.15, 0.2) is 53.6 Å². The number of sulfone groups is 1. The van der Waals surface area contributed by atoms with Crippen molar-refractivity contribution in [3.63, 3.8) is 0 Å². The molecule has 0 spiro atoms. The quantitative estimate of drug-likeness (QED) is 0.170. The molecule has 0 fully saturated rings. The first-order chi connectivity index (χ1) is 21.5. The zero-order chi connectivity index (χ0) is 34.0. The van der Waals surface area contributed by atoms with Gasteiger partial charge in [-0.3, -0.25) is 9.25 Å². The molecule has 2 aromatic carbocycles. The Hall–Kier alpha value is -3.44. The summed E-state index contributed by atoms with van der Waals surface area (Å²) < 4.78 is 76.0. The third-order valence-corrected chi connectivity index (χ3v) is 12.1. The highest BCUT2D eigenvalue weighted by Crippen LogP contribution is 2.39. The molecule has 2 heterocycles. The van der Waals surface area contributed by atoms with Crippen LogP contribution in [0.5, 0.6) is 11.5 Å². The van der Waals surface area contributed by atoms with Crippen molar-refractivity contribution in [1.29, 1.82) is 0 Å². The second kappa shape index (κ2) is 13.7. The molecule has 13 nitrogen and oxygen atoms in total. The van der Waals surface area contributed by atoms with Crippen LogP contribution >= 0.6 is 11.6 Å². The third kappa shape index (κ3) is 7.74. The van der Waals surface area contributed by atoms with Gasteiger partial charge < -0.3 is 14.2 Å². The Kier molecular flexibility index (Phi) is 10.6. The minimum atomic E-state index is -4.29. The monoisotopic (exact) mass is 710 g/mol. The van der Waals surface area contributed by atoms with Crippen LogP contribution in [-0.4, -0.2) is 89.3 Å². The molecule has 4 rings (SSSR count). The van der Waals surface area contributed by atoms with E-state index < -0.39 is 39.8 Å². The van der Waals surface area contributed by atoms with Crippen LogP contribution in [0.25, 0.3) is 17.2 Å². The first-order valence-corrected chi connectivity index (χ1v) is 21.8. The molecule has 0 radical (unpaired) electrons. The van der Waals surface area contributed by atoms with E-state index in [0.717, 1.165) is 6.26 Å². The summed E-state index contributed by atoms with van der Waals surface area (Å²) in [7, 11) is -3.82. The van der Waals surface area contributed by atoms with Crippen molar-refractivity contribution in [3.8, 4) is 28.7 Å². The summed E-state index contributed by atoms with van der Waals surface area (Å²) in [5.41, 5.74) is 0.984. The topological polar surface area (TPSA) is 148 Å². The normalized spacial score (nSPS) is 13.1. The summed E-state index contributed by atoms with van der Waals surface area (Å²) in [6.07, 6.45) is 1.61. The van der Waals surface area contributed by atoms with Crippen LogP contribution < -0.4 is 13.8 Å². The van der Waals surface area contributed by atoms with Crippen LogP contribution in [0.3, 0.4) is 0 Å². The van der Waals surface area contributed by atoms with Gasteiger partial charge in [-0.1, -0.05) is 43.4 Å². The van der Waals surface area contributed by atoms with Gasteiger partial charge in [0.15, 0.2) is 15.7 Å². The molecule has 0 bridgehead atoms. The lowest BCUT2D eigenvalue weighted by molar-refractivity contribution is 0.119. The molecule has 0 amide bonds. The number of hydrogen-bond donors (Lipinski definition) is 0. The first kappa shape index (κ1) is 35.4. The van der Waals surface area contributed by atoms with Crippen molar-refractivity contribution in [3.05, 3.63) is 59.2 Å². The number of halogens is 1. The van der Waals surface area contributed by atoms with E-state index >= 15 is 0 Å². The first-order valence-electron chi connectivity index (χ1n) is 14.2. The fourth-order valence-corrected chi connectivity index (χ4v) is 8.73. The zero-order valence-electron chi connectivity index (χ0n) is 27.1. The average Bonchev–Trinajstić information content (AvgIpc) is 3.60. The number of aryl methyl sites for hydroxylation is 1. The summed E-state index contributed by atoms with van der Waals surface area (Å²) >= 11 is 6.12. The molecule has 0 N–H and O–H groups in total. The highest BCUT2D eigenvalue weighted by molar-refractivity contribution is 7.92. The van der Waals surface area contributed by atoms with Gasteiger partial charge in [0.25, 0.3) is 0 Å². The second-order valence-corrected chi connectivity index (χ2v) is 21.9. The maximum Gasteiger partial charge on any atom is 0.246 e. The van der Waals surface area contributed by atoms with Gasteiger partial charge in [0.1, 0.15) is 22.9 Å². The Morgan fingerprint density at radius 1 is 0.978 bits per heavy atom. The van der Waals surface area contributed by atoms with E-state index in [1.165, 1.54) is 43.8 Å². The maximum atomic E-state index is 14.6. The summed E-state index contributed by atoms with van der Waals surface area (Å²) in [6, 6.07) is 11.8. The average molecular weight is 711 g/mol. The molecule has 0 aliphatic rings. The van der Waals surface area contributed by atoms with E-state index in [9.17, 15) is 16.8 Å². The lowest BCUT2D eigenvalue weighted by atomic mass is 10.1. The smallest absolute Gasteiger partial charge is 0.246 e. The Bertz CT molecular complexity index is 1900. The predicted molar refractivity (Wildman–Crippen MR) is 180 cm³/mol. The summed E-state index contributed by atoms with van der Waals surface area (Å²) in [4.78, 5) is -0.116. The standard InChI is InChI=1S/C29H39ClN6O7S2Si/c1-34-15-14-22(33-34)28-31-32-29(36(28)27-23(41-2)10-9-11-24(27)42-3)35(16-17-46(6,7)8)45(39,40)19-25(43-4)21-13-12-20(30)18-26(21)44(5,37)38/h9-15,18,25H,16-17,19H2,1-8H3/t25-/m0/s1. The largest absolute Gasteiger partial charge is 0.494 e. The molecule has 0 saturated heterocycles. The Labute approximate surface area is 276 Å². The van der Waals surface area contributed by atoms with E-state index in [0.29, 0.717) is 28.9 Å². The van der Waals surface area contributed by atoms with Crippen LogP contribution in [0.1, 0.15) is 11.7 Å². The molecule has 46 heavy (non-hydrogen) atoms. The molecular formula is C29H39ClN6O7S2Si. The number of nitrogens with zero attached hydrogens (tertiary/aromatic N) is 6. The number of anilines is 1. The van der Waals surface area contributed by atoms with Gasteiger partial charge in [0, 0.05) is 51.8 Å². The number of methoxy groups -OCH3 is 3. The molecule has 17 heteroatoms. The highest BCUT2D eigenvalue weighted by atomic mass is 35.5. The van der Waals surface area contributed by atoms with Gasteiger partial charge in [0.05, 0.1) is 31.0 Å². The number of para-hydroxylation sites is 1. The Morgan fingerprint density at radius 3 is 2.15 bits per heavy atom. The number of sulfonamides is 1. The highest BCUT2D eigenvalue weighted by Gasteiger charge is 2.36. The van der Waals surface area contributed by atoms with Gasteiger partial charge >= 0.3 is 0 Å². The molecule has 0 aliphatic heterocycles. The number of ether oxygens (including phenoxy) is 3. The minimum Gasteiger partial charge on any atom is -0.494 e. The summed E-state index contributed by atoms with van der Waals surface area (Å²) in [6.45, 7) is 6.48. The molecular weight excluding hydrogens is 672 g/mol. The van der Waals surface area contributed by atoms with Crippen LogP contribution in [0, 0.1) is 0 Å². The van der Waals surface area contributed by atoms with E-state index in [2.05, 4.69) is 34.9 Å². The van der Waals surface area contributed by atoms with Gasteiger partial charge in [-0.15, -0.1) is 10.2 Å². The number of benzene rings is 2. The van der Waals surface area contributed by atoms with Crippen molar-refractivity contribution < 1.29 is 31.0 Å².